The molecule has 1 aromatic rings. The van der Waals surface area contributed by atoms with E-state index in [2.05, 4.69) is 9.72 Å². The van der Waals surface area contributed by atoms with Crippen LogP contribution in [0.2, 0.25) is 0 Å². The van der Waals surface area contributed by atoms with Crippen LogP contribution in [0, 0.1) is 6.92 Å². The van der Waals surface area contributed by atoms with E-state index in [0.29, 0.717) is 0 Å². The summed E-state index contributed by atoms with van der Waals surface area (Å²) in [4.78, 5) is 28.9. The predicted octanol–water partition coefficient (Wildman–Crippen LogP) is 1.20. The molecular formula is C12H16N2O3. The molecule has 1 aromatic heterocycles. The van der Waals surface area contributed by atoms with Crippen molar-refractivity contribution in [3.8, 4) is 0 Å². The lowest BCUT2D eigenvalue weighted by Gasteiger charge is -2.14. The molecule has 0 atom stereocenters. The zero-order valence-corrected chi connectivity index (χ0v) is 10.5. The van der Waals surface area contributed by atoms with Crippen molar-refractivity contribution in [3.63, 3.8) is 0 Å². The van der Waals surface area contributed by atoms with Crippen molar-refractivity contribution < 1.29 is 14.3 Å². The average Bonchev–Trinajstić information content (AvgIpc) is 2.27. The molecule has 0 unspecified atom stereocenters. The Bertz CT molecular complexity index is 441. The number of aromatic nitrogens is 1. The van der Waals surface area contributed by atoms with E-state index in [-0.39, 0.29) is 12.2 Å². The van der Waals surface area contributed by atoms with E-state index in [9.17, 15) is 9.59 Å². The van der Waals surface area contributed by atoms with Crippen molar-refractivity contribution in [2.75, 3.05) is 25.6 Å². The lowest BCUT2D eigenvalue weighted by molar-refractivity contribution is -0.137. The minimum Gasteiger partial charge on any atom is -0.460 e. The fourth-order valence-corrected chi connectivity index (χ4v) is 1.47. The van der Waals surface area contributed by atoms with E-state index in [0.717, 1.165) is 11.4 Å². The highest BCUT2D eigenvalue weighted by atomic mass is 16.5. The summed E-state index contributed by atoms with van der Waals surface area (Å²) in [7, 11) is 3.73. The molecule has 5 nitrogen and oxygen atoms in total. The van der Waals surface area contributed by atoms with Crippen LogP contribution in [0.1, 0.15) is 22.8 Å². The second-order valence-electron chi connectivity index (χ2n) is 3.81. The van der Waals surface area contributed by atoms with E-state index < -0.39 is 11.8 Å². The molecule has 0 amide bonds. The summed E-state index contributed by atoms with van der Waals surface area (Å²) >= 11 is 0. The summed E-state index contributed by atoms with van der Waals surface area (Å²) in [5.74, 6) is -0.732. The zero-order chi connectivity index (χ0) is 13.0. The van der Waals surface area contributed by atoms with E-state index in [1.165, 1.54) is 6.20 Å². The Morgan fingerprint density at radius 2 is 2.06 bits per heavy atom. The number of Topliss-reactive ketones (excluding diaryl/α,β-unsaturated/α-hetero) is 1. The Morgan fingerprint density at radius 1 is 1.41 bits per heavy atom. The first kappa shape index (κ1) is 13.2. The van der Waals surface area contributed by atoms with Crippen LogP contribution in [-0.2, 0) is 9.53 Å². The van der Waals surface area contributed by atoms with Gasteiger partial charge in [-0.3, -0.25) is 4.79 Å². The number of carbonyl (C=O) groups excluding carboxylic acids is 2. The Kier molecular flexibility index (Phi) is 4.20. The largest absolute Gasteiger partial charge is 0.460 e. The highest BCUT2D eigenvalue weighted by Crippen LogP contribution is 2.15. The van der Waals surface area contributed by atoms with Crippen molar-refractivity contribution in [2.24, 2.45) is 0 Å². The van der Waals surface area contributed by atoms with E-state index in [1.807, 2.05) is 25.9 Å². The average molecular weight is 236 g/mol. The SMILES string of the molecule is CCOC(=O)C(=O)c1cnc(N(C)C)c(C)c1. The van der Waals surface area contributed by atoms with Crippen LogP contribution in [0.15, 0.2) is 12.3 Å². The lowest BCUT2D eigenvalue weighted by Crippen LogP contribution is -2.19. The molecule has 0 fully saturated rings. The number of aryl methyl sites for hydroxylation is 1. The van der Waals surface area contributed by atoms with Crippen LogP contribution in [0.3, 0.4) is 0 Å². The van der Waals surface area contributed by atoms with E-state index >= 15 is 0 Å². The van der Waals surface area contributed by atoms with Gasteiger partial charge in [0.1, 0.15) is 5.82 Å². The number of esters is 1. The second-order valence-corrected chi connectivity index (χ2v) is 3.81. The number of pyridine rings is 1. The molecule has 0 aliphatic carbocycles. The number of hydrogen-bond acceptors (Lipinski definition) is 5. The highest BCUT2D eigenvalue weighted by molar-refractivity contribution is 6.40. The van der Waals surface area contributed by atoms with Gasteiger partial charge in [-0.1, -0.05) is 0 Å². The summed E-state index contributed by atoms with van der Waals surface area (Å²) in [5, 5.41) is 0. The summed E-state index contributed by atoms with van der Waals surface area (Å²) in [6.07, 6.45) is 1.39. The number of nitrogens with zero attached hydrogens (tertiary/aromatic N) is 2. The molecule has 0 spiro atoms. The lowest BCUT2D eigenvalue weighted by atomic mass is 10.1. The van der Waals surface area contributed by atoms with Crippen LogP contribution in [0.5, 0.6) is 0 Å². The Morgan fingerprint density at radius 3 is 2.53 bits per heavy atom. The first-order valence-corrected chi connectivity index (χ1v) is 5.32. The molecule has 0 radical (unpaired) electrons. The fraction of sp³-hybridized carbons (Fsp3) is 0.417. The molecule has 17 heavy (non-hydrogen) atoms. The van der Waals surface area contributed by atoms with Crippen molar-refractivity contribution >= 4 is 17.6 Å². The van der Waals surface area contributed by atoms with Crippen molar-refractivity contribution in [3.05, 3.63) is 23.4 Å². The van der Waals surface area contributed by atoms with Gasteiger partial charge in [-0.15, -0.1) is 0 Å². The molecule has 1 heterocycles. The number of ketones is 1. The third kappa shape index (κ3) is 3.03. The molecule has 0 N–H and O–H groups in total. The number of anilines is 1. The van der Waals surface area contributed by atoms with Gasteiger partial charge >= 0.3 is 5.97 Å². The van der Waals surface area contributed by atoms with Crippen LogP contribution < -0.4 is 4.90 Å². The second kappa shape index (κ2) is 5.43. The Balaban J connectivity index is 2.98. The molecule has 0 aromatic carbocycles. The number of hydrogen-bond donors (Lipinski definition) is 0. The maximum atomic E-state index is 11.6. The molecule has 0 bridgehead atoms. The van der Waals surface area contributed by atoms with Gasteiger partial charge in [-0.2, -0.15) is 0 Å². The monoisotopic (exact) mass is 236 g/mol. The summed E-state index contributed by atoms with van der Waals surface area (Å²) in [6, 6.07) is 1.64. The van der Waals surface area contributed by atoms with Gasteiger partial charge in [0.15, 0.2) is 0 Å². The molecule has 0 saturated carbocycles. The van der Waals surface area contributed by atoms with Gasteiger partial charge in [-0.25, -0.2) is 9.78 Å². The van der Waals surface area contributed by atoms with Crippen LogP contribution in [0.25, 0.3) is 0 Å². The number of carbonyl (C=O) groups is 2. The maximum absolute atomic E-state index is 11.6. The van der Waals surface area contributed by atoms with Crippen molar-refractivity contribution in [2.45, 2.75) is 13.8 Å². The minimum absolute atomic E-state index is 0.187. The predicted molar refractivity (Wildman–Crippen MR) is 64.3 cm³/mol. The molecule has 5 heteroatoms. The topological polar surface area (TPSA) is 59.5 Å². The Labute approximate surface area is 100 Å². The van der Waals surface area contributed by atoms with Gasteiger partial charge in [0.25, 0.3) is 5.78 Å². The van der Waals surface area contributed by atoms with Crippen molar-refractivity contribution in [1.29, 1.82) is 0 Å². The maximum Gasteiger partial charge on any atom is 0.379 e. The number of rotatable bonds is 4. The molecule has 0 saturated heterocycles. The Hall–Kier alpha value is -1.91. The van der Waals surface area contributed by atoms with Gasteiger partial charge < -0.3 is 9.64 Å². The first-order valence-electron chi connectivity index (χ1n) is 5.32. The third-order valence-electron chi connectivity index (χ3n) is 2.20. The molecule has 0 aliphatic heterocycles. The summed E-state index contributed by atoms with van der Waals surface area (Å²) < 4.78 is 4.65. The summed E-state index contributed by atoms with van der Waals surface area (Å²) in [5.41, 5.74) is 1.09. The van der Waals surface area contributed by atoms with Crippen LogP contribution in [0.4, 0.5) is 5.82 Å². The molecule has 0 aliphatic rings. The van der Waals surface area contributed by atoms with Gasteiger partial charge in [0.2, 0.25) is 0 Å². The fourth-order valence-electron chi connectivity index (χ4n) is 1.47. The summed E-state index contributed by atoms with van der Waals surface area (Å²) in [6.45, 7) is 3.68. The van der Waals surface area contributed by atoms with E-state index in [4.69, 9.17) is 0 Å². The minimum atomic E-state index is -0.841. The first-order chi connectivity index (χ1) is 7.97. The highest BCUT2D eigenvalue weighted by Gasteiger charge is 2.18. The normalized spacial score (nSPS) is 9.88. The van der Waals surface area contributed by atoms with Crippen LogP contribution in [-0.4, -0.2) is 37.4 Å². The van der Waals surface area contributed by atoms with Crippen molar-refractivity contribution in [1.82, 2.24) is 4.98 Å². The zero-order valence-electron chi connectivity index (χ0n) is 10.5. The third-order valence-corrected chi connectivity index (χ3v) is 2.20. The smallest absolute Gasteiger partial charge is 0.379 e. The van der Waals surface area contributed by atoms with Gasteiger partial charge in [0, 0.05) is 25.9 Å². The number of ether oxygens (including phenoxy) is 1. The van der Waals surface area contributed by atoms with Gasteiger partial charge in [-0.05, 0) is 25.5 Å². The molecular weight excluding hydrogens is 220 g/mol. The molecule has 1 rings (SSSR count). The quantitative estimate of drug-likeness (QED) is 0.446. The standard InChI is InChI=1S/C12H16N2O3/c1-5-17-12(16)10(15)9-6-8(2)11(13-7-9)14(3)4/h6-7H,5H2,1-4H3. The van der Waals surface area contributed by atoms with E-state index in [1.54, 1.807) is 13.0 Å². The van der Waals surface area contributed by atoms with Gasteiger partial charge in [0.05, 0.1) is 6.61 Å². The molecule has 92 valence electrons. The van der Waals surface area contributed by atoms with Crippen LogP contribution >= 0.6 is 0 Å².